The van der Waals surface area contributed by atoms with E-state index >= 15 is 0 Å². The van der Waals surface area contributed by atoms with Crippen molar-refractivity contribution in [1.82, 2.24) is 0 Å². The van der Waals surface area contributed by atoms with Crippen LogP contribution in [0.4, 0.5) is 0 Å². The molecule has 1 rings (SSSR count). The van der Waals surface area contributed by atoms with Crippen molar-refractivity contribution in [3.8, 4) is 0 Å². The summed E-state index contributed by atoms with van der Waals surface area (Å²) < 4.78 is 7.30. The van der Waals surface area contributed by atoms with Gasteiger partial charge >= 0.3 is 18.9 Å². The minimum atomic E-state index is -0.671. The van der Waals surface area contributed by atoms with E-state index in [-0.39, 0.29) is 18.9 Å². The van der Waals surface area contributed by atoms with Crippen molar-refractivity contribution in [2.75, 3.05) is 0 Å². The first-order valence-electron chi connectivity index (χ1n) is 3.54. The molecule has 0 saturated heterocycles. The van der Waals surface area contributed by atoms with Crippen LogP contribution in [0.15, 0.2) is 11.6 Å². The number of rotatable bonds is 0. The Kier molecular flexibility index (Phi) is 3.43. The van der Waals surface area contributed by atoms with E-state index in [1.807, 2.05) is 13.0 Å². The molecule has 0 radical (unpaired) electrons. The Morgan fingerprint density at radius 1 is 1.89 bits per heavy atom. The smallest absolute Gasteiger partial charge is 0.852 e. The van der Waals surface area contributed by atoms with Gasteiger partial charge in [0.25, 0.3) is 0 Å². The molecule has 2 atom stereocenters. The van der Waals surface area contributed by atoms with E-state index in [1.54, 1.807) is 0 Å². The van der Waals surface area contributed by atoms with Crippen LogP contribution in [0.1, 0.15) is 27.5 Å². The summed E-state index contributed by atoms with van der Waals surface area (Å²) in [4.78, 5) is 0. The second kappa shape index (κ2) is 4.17. The second-order valence-corrected chi connectivity index (χ2v) is 2.23. The van der Waals surface area contributed by atoms with Gasteiger partial charge in [0, 0.05) is 1.37 Å². The van der Waals surface area contributed by atoms with Gasteiger partial charge in [-0.15, -0.1) is 6.10 Å². The zero-order chi connectivity index (χ0) is 6.85. The van der Waals surface area contributed by atoms with Crippen molar-refractivity contribution in [1.29, 1.82) is 0 Å². The molecular weight excluding hydrogens is 107 g/mol. The van der Waals surface area contributed by atoms with Crippen LogP contribution in [0.2, 0.25) is 0 Å². The Morgan fingerprint density at radius 2 is 2.56 bits per heavy atom. The maximum atomic E-state index is 10.9. The Morgan fingerprint density at radius 3 is 3.00 bits per heavy atom. The predicted octanol–water partition coefficient (Wildman–Crippen LogP) is -2.15. The largest absolute Gasteiger partial charge is 1.00 e. The van der Waals surface area contributed by atoms with E-state index in [2.05, 4.69) is 0 Å². The molecule has 0 fully saturated rings. The molecule has 0 aromatic carbocycles. The average molecular weight is 119 g/mol. The van der Waals surface area contributed by atoms with E-state index < -0.39 is 12.5 Å². The molecule has 0 N–H and O–H groups in total. The summed E-state index contributed by atoms with van der Waals surface area (Å²) in [5.74, 6) is 0. The van der Waals surface area contributed by atoms with Crippen molar-refractivity contribution >= 4 is 0 Å². The van der Waals surface area contributed by atoms with Crippen molar-refractivity contribution in [3.05, 3.63) is 11.6 Å². The average Bonchev–Trinajstić information content (AvgIpc) is 1.83. The van der Waals surface area contributed by atoms with Crippen LogP contribution >= 0.6 is 0 Å². The van der Waals surface area contributed by atoms with Crippen molar-refractivity contribution in [3.63, 3.8) is 0 Å². The van der Waals surface area contributed by atoms with E-state index in [1.165, 1.54) is 0 Å². The molecule has 0 bridgehead atoms. The molecule has 0 saturated carbocycles. The summed E-state index contributed by atoms with van der Waals surface area (Å²) in [6.07, 6.45) is 2.36. The molecule has 1 aliphatic carbocycles. The Hall–Kier alpha value is 0.297. The normalized spacial score (nSPS) is 36.2. The zero-order valence-electron chi connectivity index (χ0n) is 7.05. The molecule has 9 heavy (non-hydrogen) atoms. The molecule has 0 heterocycles. The van der Waals surface area contributed by atoms with Crippen LogP contribution in [0.3, 0.4) is 0 Å². The van der Waals surface area contributed by atoms with Crippen LogP contribution in [0.5, 0.6) is 0 Å². The maximum Gasteiger partial charge on any atom is 1.00 e. The first-order valence-corrected chi connectivity index (χ1v) is 2.96. The van der Waals surface area contributed by atoms with Gasteiger partial charge in [-0.1, -0.05) is 18.1 Å². The van der Waals surface area contributed by atoms with Crippen molar-refractivity contribution in [2.45, 2.75) is 32.3 Å². The molecule has 2 heteroatoms. The molecule has 0 aromatic rings. The van der Waals surface area contributed by atoms with Gasteiger partial charge in [-0.25, -0.2) is 0 Å². The summed E-state index contributed by atoms with van der Waals surface area (Å²) in [5, 5.41) is 10.9. The quantitative estimate of drug-likeness (QED) is 0.263. The van der Waals surface area contributed by atoms with Gasteiger partial charge in [-0.05, 0) is 19.7 Å². The fourth-order valence-corrected chi connectivity index (χ4v) is 0.920. The van der Waals surface area contributed by atoms with Crippen LogP contribution in [0.25, 0.3) is 0 Å². The first-order chi connectivity index (χ1) is 4.22. The van der Waals surface area contributed by atoms with Gasteiger partial charge in [-0.2, -0.15) is 0 Å². The van der Waals surface area contributed by atoms with E-state index in [4.69, 9.17) is 1.37 Å². The van der Waals surface area contributed by atoms with Crippen molar-refractivity contribution < 1.29 is 25.3 Å². The SMILES string of the molecule is [2H][C@@H]1C(C)=CCC[C@@H]1[O-].[Li+]. The zero-order valence-corrected chi connectivity index (χ0v) is 6.05. The Bertz CT molecular complexity index is 136. The first kappa shape index (κ1) is 7.40. The summed E-state index contributed by atoms with van der Waals surface area (Å²) in [7, 11) is 0. The summed E-state index contributed by atoms with van der Waals surface area (Å²) in [6.45, 7) is 1.86. The van der Waals surface area contributed by atoms with Crippen LogP contribution < -0.4 is 24.0 Å². The fourth-order valence-electron chi connectivity index (χ4n) is 0.920. The topological polar surface area (TPSA) is 23.1 Å². The predicted molar refractivity (Wildman–Crippen MR) is 31.4 cm³/mol. The van der Waals surface area contributed by atoms with Gasteiger partial charge in [0.15, 0.2) is 0 Å². The summed E-state index contributed by atoms with van der Waals surface area (Å²) >= 11 is 0. The molecule has 46 valence electrons. The maximum absolute atomic E-state index is 10.9. The number of hydrogen-bond acceptors (Lipinski definition) is 1. The third kappa shape index (κ3) is 3.10. The van der Waals surface area contributed by atoms with Gasteiger partial charge in [0.05, 0.1) is 0 Å². The van der Waals surface area contributed by atoms with Crippen LogP contribution in [0, 0.1) is 0 Å². The standard InChI is InChI=1S/C7H11O.Li/c1-6-3-2-4-7(8)5-6;/h3,7H,2,4-5H2,1H3;/q-1;+1/t7-;/m0./s1/i5D;/t5-,7+;/m1.. The third-order valence-electron chi connectivity index (χ3n) is 1.37. The van der Waals surface area contributed by atoms with Crippen molar-refractivity contribution in [2.24, 2.45) is 0 Å². The number of allylic oxidation sites excluding steroid dienone is 1. The minimum absolute atomic E-state index is 0. The third-order valence-corrected chi connectivity index (χ3v) is 1.37. The Balaban J connectivity index is 0.000000810. The Labute approximate surface area is 69.7 Å². The monoisotopic (exact) mass is 119 g/mol. The fraction of sp³-hybridized carbons (Fsp3) is 0.714. The van der Waals surface area contributed by atoms with Crippen LogP contribution in [-0.4, -0.2) is 6.10 Å². The summed E-state index contributed by atoms with van der Waals surface area (Å²) in [6, 6.07) is 0. The molecule has 0 amide bonds. The molecule has 0 aliphatic heterocycles. The summed E-state index contributed by atoms with van der Waals surface area (Å²) in [5.41, 5.74) is 0.946. The van der Waals surface area contributed by atoms with E-state index in [9.17, 15) is 5.11 Å². The molecule has 1 aliphatic rings. The van der Waals surface area contributed by atoms with Gasteiger partial charge in [-0.3, -0.25) is 0 Å². The van der Waals surface area contributed by atoms with Crippen LogP contribution in [-0.2, 0) is 0 Å². The van der Waals surface area contributed by atoms with Gasteiger partial charge in [0.2, 0.25) is 0 Å². The van der Waals surface area contributed by atoms with E-state index in [0.29, 0.717) is 6.42 Å². The molecule has 0 aromatic heterocycles. The molecular formula is C7H11LiO. The molecule has 0 unspecified atom stereocenters. The van der Waals surface area contributed by atoms with Gasteiger partial charge in [0.1, 0.15) is 0 Å². The number of hydrogen-bond donors (Lipinski definition) is 0. The van der Waals surface area contributed by atoms with E-state index in [0.717, 1.165) is 12.0 Å². The molecule has 1 nitrogen and oxygen atoms in total. The second-order valence-electron chi connectivity index (χ2n) is 2.23. The van der Waals surface area contributed by atoms with Gasteiger partial charge < -0.3 is 5.11 Å². The minimum Gasteiger partial charge on any atom is -0.852 e. The molecule has 0 spiro atoms.